The van der Waals surface area contributed by atoms with E-state index in [2.05, 4.69) is 29.9 Å². The maximum absolute atomic E-state index is 5.22. The second kappa shape index (κ2) is 7.20. The molecule has 0 bridgehead atoms. The van der Waals surface area contributed by atoms with Gasteiger partial charge in [0.25, 0.3) is 0 Å². The fourth-order valence-corrected chi connectivity index (χ4v) is 3.28. The van der Waals surface area contributed by atoms with Crippen LogP contribution in [0.3, 0.4) is 0 Å². The van der Waals surface area contributed by atoms with Crippen LogP contribution in [-0.2, 0) is 0 Å². The topological polar surface area (TPSA) is 12.0 Å². The molecule has 0 aromatic heterocycles. The summed E-state index contributed by atoms with van der Waals surface area (Å²) in [5.41, 5.74) is 0. The van der Waals surface area contributed by atoms with Crippen LogP contribution in [0.2, 0.25) is 0 Å². The van der Waals surface area contributed by atoms with Crippen molar-refractivity contribution in [2.45, 2.75) is 50.3 Å². The van der Waals surface area contributed by atoms with Crippen molar-refractivity contribution in [2.75, 3.05) is 12.3 Å². The maximum atomic E-state index is 5.22. The lowest BCUT2D eigenvalue weighted by atomic mass is 10.2. The molecule has 1 nitrogen and oxygen atoms in total. The van der Waals surface area contributed by atoms with Gasteiger partial charge in [0.1, 0.15) is 0 Å². The minimum absolute atomic E-state index is 0.748. The van der Waals surface area contributed by atoms with E-state index in [4.69, 9.17) is 6.42 Å². The lowest BCUT2D eigenvalue weighted by molar-refractivity contribution is 0.525. The molecule has 1 aliphatic rings. The predicted octanol–water partition coefficient (Wildman–Crippen LogP) is 2.66. The summed E-state index contributed by atoms with van der Waals surface area (Å²) in [5, 5.41) is 4.49. The highest BCUT2D eigenvalue weighted by atomic mass is 32.2. The van der Waals surface area contributed by atoms with Gasteiger partial charge in [0.15, 0.2) is 0 Å². The fraction of sp³-hybridized carbons (Fsp3) is 0.833. The predicted molar refractivity (Wildman–Crippen MR) is 65.6 cm³/mol. The Hall–Kier alpha value is -0.130. The van der Waals surface area contributed by atoms with Crippen LogP contribution < -0.4 is 5.32 Å². The van der Waals surface area contributed by atoms with Crippen molar-refractivity contribution in [1.82, 2.24) is 5.32 Å². The van der Waals surface area contributed by atoms with Gasteiger partial charge < -0.3 is 5.32 Å². The van der Waals surface area contributed by atoms with Gasteiger partial charge in [0.2, 0.25) is 0 Å². The first kappa shape index (κ1) is 11.9. The molecule has 0 saturated heterocycles. The molecule has 2 unspecified atom stereocenters. The number of nitrogens with one attached hydrogen (secondary N) is 1. The highest BCUT2D eigenvalue weighted by Gasteiger charge is 2.25. The average Bonchev–Trinajstić information content (AvgIpc) is 2.61. The first-order valence-corrected chi connectivity index (χ1v) is 6.71. The summed E-state index contributed by atoms with van der Waals surface area (Å²) in [7, 11) is 0. The SMILES string of the molecule is C#CCCCNC1CCCC1SCC. The van der Waals surface area contributed by atoms with Crippen molar-refractivity contribution in [3.05, 3.63) is 0 Å². The van der Waals surface area contributed by atoms with E-state index in [1.54, 1.807) is 0 Å². The van der Waals surface area contributed by atoms with Crippen molar-refractivity contribution in [2.24, 2.45) is 0 Å². The van der Waals surface area contributed by atoms with Gasteiger partial charge in [-0.25, -0.2) is 0 Å². The summed E-state index contributed by atoms with van der Waals surface area (Å²) in [6, 6.07) is 0.748. The van der Waals surface area contributed by atoms with E-state index in [-0.39, 0.29) is 0 Å². The maximum Gasteiger partial charge on any atom is 0.0201 e. The first-order valence-electron chi connectivity index (χ1n) is 5.67. The minimum atomic E-state index is 0.748. The summed E-state index contributed by atoms with van der Waals surface area (Å²) in [4.78, 5) is 0. The zero-order valence-electron chi connectivity index (χ0n) is 9.09. The Morgan fingerprint density at radius 2 is 2.36 bits per heavy atom. The van der Waals surface area contributed by atoms with Gasteiger partial charge >= 0.3 is 0 Å². The Balaban J connectivity index is 2.13. The summed E-state index contributed by atoms with van der Waals surface area (Å²) >= 11 is 2.11. The molecule has 2 atom stereocenters. The monoisotopic (exact) mass is 211 g/mol. The van der Waals surface area contributed by atoms with Crippen molar-refractivity contribution in [3.8, 4) is 12.3 Å². The molecule has 0 amide bonds. The molecule has 0 aliphatic heterocycles. The van der Waals surface area contributed by atoms with Crippen LogP contribution >= 0.6 is 11.8 Å². The first-order chi connectivity index (χ1) is 6.88. The lowest BCUT2D eigenvalue weighted by Gasteiger charge is -2.19. The van der Waals surface area contributed by atoms with E-state index in [0.717, 1.165) is 30.7 Å². The molecule has 2 heteroatoms. The van der Waals surface area contributed by atoms with E-state index in [1.807, 2.05) is 0 Å². The Bertz CT molecular complexity index is 185. The zero-order valence-corrected chi connectivity index (χ0v) is 9.91. The van der Waals surface area contributed by atoms with Crippen LogP contribution in [0, 0.1) is 12.3 Å². The quantitative estimate of drug-likeness (QED) is 0.535. The van der Waals surface area contributed by atoms with Gasteiger partial charge in [0, 0.05) is 17.7 Å². The third-order valence-electron chi connectivity index (χ3n) is 2.74. The summed E-state index contributed by atoms with van der Waals surface area (Å²) in [5.74, 6) is 3.93. The molecule has 80 valence electrons. The molecule has 1 saturated carbocycles. The van der Waals surface area contributed by atoms with Gasteiger partial charge in [-0.1, -0.05) is 13.3 Å². The Morgan fingerprint density at radius 1 is 1.50 bits per heavy atom. The molecule has 0 aromatic rings. The highest BCUT2D eigenvalue weighted by molar-refractivity contribution is 7.99. The molecular formula is C12H21NS. The van der Waals surface area contributed by atoms with Crippen LogP contribution in [0.25, 0.3) is 0 Å². The molecule has 1 fully saturated rings. The second-order valence-electron chi connectivity index (χ2n) is 3.79. The molecule has 1 rings (SSSR count). The highest BCUT2D eigenvalue weighted by Crippen LogP contribution is 2.29. The lowest BCUT2D eigenvalue weighted by Crippen LogP contribution is -2.34. The Morgan fingerprint density at radius 3 is 3.07 bits per heavy atom. The van der Waals surface area contributed by atoms with Gasteiger partial charge in [0.05, 0.1) is 0 Å². The van der Waals surface area contributed by atoms with Gasteiger partial charge in [-0.2, -0.15) is 11.8 Å². The van der Waals surface area contributed by atoms with Crippen LogP contribution in [0.5, 0.6) is 0 Å². The van der Waals surface area contributed by atoms with Crippen LogP contribution in [0.1, 0.15) is 39.0 Å². The number of rotatable bonds is 6. The summed E-state index contributed by atoms with van der Waals surface area (Å²) in [6.45, 7) is 3.34. The summed E-state index contributed by atoms with van der Waals surface area (Å²) in [6.07, 6.45) is 11.4. The Kier molecular flexibility index (Phi) is 6.14. The molecule has 1 aliphatic carbocycles. The molecular weight excluding hydrogens is 190 g/mol. The number of hydrogen-bond acceptors (Lipinski definition) is 2. The molecule has 14 heavy (non-hydrogen) atoms. The normalized spacial score (nSPS) is 26.3. The number of unbranched alkanes of at least 4 members (excludes halogenated alkanes) is 1. The standard InChI is InChI=1S/C12H21NS/c1-3-5-6-10-13-11-8-7-9-12(11)14-4-2/h1,11-13H,4-10H2,2H3. The molecule has 1 N–H and O–H groups in total. The number of hydrogen-bond donors (Lipinski definition) is 1. The van der Waals surface area contributed by atoms with Gasteiger partial charge in [-0.05, 0) is 31.6 Å². The molecule has 0 spiro atoms. The van der Waals surface area contributed by atoms with Crippen molar-refractivity contribution >= 4 is 11.8 Å². The smallest absolute Gasteiger partial charge is 0.0201 e. The van der Waals surface area contributed by atoms with Crippen LogP contribution in [0.4, 0.5) is 0 Å². The molecule has 0 heterocycles. The molecule has 0 radical (unpaired) electrons. The van der Waals surface area contributed by atoms with E-state index < -0.39 is 0 Å². The van der Waals surface area contributed by atoms with E-state index >= 15 is 0 Å². The van der Waals surface area contributed by atoms with E-state index in [9.17, 15) is 0 Å². The second-order valence-corrected chi connectivity index (χ2v) is 5.31. The average molecular weight is 211 g/mol. The van der Waals surface area contributed by atoms with Gasteiger partial charge in [-0.15, -0.1) is 12.3 Å². The van der Waals surface area contributed by atoms with Gasteiger partial charge in [-0.3, -0.25) is 0 Å². The number of thioether (sulfide) groups is 1. The Labute approximate surface area is 92.4 Å². The third-order valence-corrected chi connectivity index (χ3v) is 4.06. The van der Waals surface area contributed by atoms with Crippen molar-refractivity contribution in [3.63, 3.8) is 0 Å². The minimum Gasteiger partial charge on any atom is -0.313 e. The fourth-order valence-electron chi connectivity index (χ4n) is 2.05. The van der Waals surface area contributed by atoms with Crippen molar-refractivity contribution in [1.29, 1.82) is 0 Å². The van der Waals surface area contributed by atoms with E-state index in [1.165, 1.54) is 25.0 Å². The number of terminal acetylenes is 1. The third kappa shape index (κ3) is 3.94. The zero-order chi connectivity index (χ0) is 10.2. The largest absolute Gasteiger partial charge is 0.313 e. The van der Waals surface area contributed by atoms with Crippen LogP contribution in [0.15, 0.2) is 0 Å². The van der Waals surface area contributed by atoms with Crippen molar-refractivity contribution < 1.29 is 0 Å². The summed E-state index contributed by atoms with van der Waals surface area (Å²) < 4.78 is 0. The van der Waals surface area contributed by atoms with Crippen LogP contribution in [-0.4, -0.2) is 23.6 Å². The molecule has 0 aromatic carbocycles. The van der Waals surface area contributed by atoms with E-state index in [0.29, 0.717) is 0 Å².